The highest BCUT2D eigenvalue weighted by atomic mass is 16.5. The summed E-state index contributed by atoms with van der Waals surface area (Å²) in [4.78, 5) is 24.5. The van der Waals surface area contributed by atoms with E-state index < -0.39 is 12.1 Å². The number of ether oxygens (including phenoxy) is 1. The van der Waals surface area contributed by atoms with Crippen molar-refractivity contribution < 1.29 is 24.5 Å². The van der Waals surface area contributed by atoms with Gasteiger partial charge in [0.25, 0.3) is 0 Å². The lowest BCUT2D eigenvalue weighted by Gasteiger charge is -2.22. The van der Waals surface area contributed by atoms with Crippen molar-refractivity contribution in [1.82, 2.24) is 5.32 Å². The van der Waals surface area contributed by atoms with Crippen LogP contribution in [0.3, 0.4) is 0 Å². The number of unbranched alkanes of at least 4 members (excludes halogenated alkanes) is 40. The zero-order valence-electron chi connectivity index (χ0n) is 44.4. The van der Waals surface area contributed by atoms with E-state index in [-0.39, 0.29) is 18.5 Å². The minimum atomic E-state index is -0.699. The van der Waals surface area contributed by atoms with Gasteiger partial charge in [-0.25, -0.2) is 0 Å². The number of aliphatic hydroxyl groups is 2. The maximum atomic E-state index is 12.5. The molecule has 0 fully saturated rings. The van der Waals surface area contributed by atoms with E-state index in [0.29, 0.717) is 32.3 Å². The van der Waals surface area contributed by atoms with Crippen LogP contribution < -0.4 is 5.32 Å². The molecule has 0 aromatic carbocycles. The summed E-state index contributed by atoms with van der Waals surface area (Å²) in [6, 6.07) is -0.586. The highest BCUT2D eigenvalue weighted by molar-refractivity contribution is 5.76. The summed E-state index contributed by atoms with van der Waals surface area (Å²) in [5, 5.41) is 23.3. The molecule has 0 aliphatic carbocycles. The van der Waals surface area contributed by atoms with Crippen molar-refractivity contribution in [2.75, 3.05) is 13.2 Å². The summed E-state index contributed by atoms with van der Waals surface area (Å²) in [6.07, 6.45) is 67.6. The fourth-order valence-corrected chi connectivity index (χ4v) is 9.22. The van der Waals surface area contributed by atoms with Gasteiger partial charge in [0.05, 0.1) is 25.4 Å². The van der Waals surface area contributed by atoms with Crippen LogP contribution in [0.15, 0.2) is 24.3 Å². The molecular weight excluding hydrogens is 815 g/mol. The first kappa shape index (κ1) is 64.3. The Labute approximate surface area is 411 Å². The van der Waals surface area contributed by atoms with Crippen LogP contribution >= 0.6 is 0 Å². The second kappa shape index (κ2) is 55.9. The summed E-state index contributed by atoms with van der Waals surface area (Å²) in [5.74, 6) is -0.126. The predicted molar refractivity (Wildman–Crippen MR) is 287 cm³/mol. The number of esters is 1. The fraction of sp³-hybridized carbons (Fsp3) is 0.900. The minimum absolute atomic E-state index is 0.0140. The van der Waals surface area contributed by atoms with Crippen LogP contribution in [0.4, 0.5) is 0 Å². The number of allylic oxidation sites excluding steroid dienone is 4. The van der Waals surface area contributed by atoms with Crippen molar-refractivity contribution in [1.29, 1.82) is 0 Å². The number of aliphatic hydroxyl groups excluding tert-OH is 2. The van der Waals surface area contributed by atoms with Gasteiger partial charge in [-0.05, 0) is 44.9 Å². The van der Waals surface area contributed by atoms with Gasteiger partial charge in [0.15, 0.2) is 0 Å². The molecule has 6 nitrogen and oxygen atoms in total. The number of amides is 1. The van der Waals surface area contributed by atoms with Crippen LogP contribution in [0.25, 0.3) is 0 Å². The SMILES string of the molecule is CCCCCCCCCCCCCCCCCCCCCCCCC(O)C(CO)NC(=O)CC/C=C\C/C=C\CCCCCCCCOC(=O)CCCCCCCCCCCCCCCC. The van der Waals surface area contributed by atoms with E-state index in [0.717, 1.165) is 51.4 Å². The molecule has 390 valence electrons. The van der Waals surface area contributed by atoms with Crippen LogP contribution in [0.2, 0.25) is 0 Å². The number of carbonyl (C=O) groups excluding carboxylic acids is 2. The van der Waals surface area contributed by atoms with Crippen molar-refractivity contribution in [3.05, 3.63) is 24.3 Å². The molecule has 0 rings (SSSR count). The molecule has 0 heterocycles. The number of nitrogens with one attached hydrogen (secondary N) is 1. The Morgan fingerprint density at radius 3 is 1.18 bits per heavy atom. The average Bonchev–Trinajstić information content (AvgIpc) is 3.32. The number of hydrogen-bond acceptors (Lipinski definition) is 5. The molecule has 0 aliphatic heterocycles. The van der Waals surface area contributed by atoms with Gasteiger partial charge in [-0.1, -0.05) is 289 Å². The van der Waals surface area contributed by atoms with E-state index in [9.17, 15) is 19.8 Å². The predicted octanol–water partition coefficient (Wildman–Crippen LogP) is 18.2. The quantitative estimate of drug-likeness (QED) is 0.0321. The first-order valence-electron chi connectivity index (χ1n) is 29.6. The second-order valence-electron chi connectivity index (χ2n) is 20.3. The highest BCUT2D eigenvalue weighted by Crippen LogP contribution is 2.18. The van der Waals surface area contributed by atoms with Crippen LogP contribution in [-0.2, 0) is 14.3 Å². The Hall–Kier alpha value is -1.66. The van der Waals surface area contributed by atoms with Gasteiger partial charge in [0.1, 0.15) is 0 Å². The molecule has 2 unspecified atom stereocenters. The van der Waals surface area contributed by atoms with Gasteiger partial charge in [0.2, 0.25) is 5.91 Å². The first-order chi connectivity index (χ1) is 32.5. The molecule has 6 heteroatoms. The van der Waals surface area contributed by atoms with Gasteiger partial charge < -0.3 is 20.3 Å². The van der Waals surface area contributed by atoms with Gasteiger partial charge in [-0.15, -0.1) is 0 Å². The Kier molecular flexibility index (Phi) is 54.5. The second-order valence-corrected chi connectivity index (χ2v) is 20.3. The summed E-state index contributed by atoms with van der Waals surface area (Å²) in [6.45, 7) is 4.91. The largest absolute Gasteiger partial charge is 0.466 e. The van der Waals surface area contributed by atoms with Crippen molar-refractivity contribution in [3.63, 3.8) is 0 Å². The van der Waals surface area contributed by atoms with Gasteiger partial charge in [-0.3, -0.25) is 9.59 Å². The van der Waals surface area contributed by atoms with Crippen LogP contribution in [0.5, 0.6) is 0 Å². The van der Waals surface area contributed by atoms with Crippen LogP contribution in [0, 0.1) is 0 Å². The zero-order chi connectivity index (χ0) is 47.9. The lowest BCUT2D eigenvalue weighted by atomic mass is 10.0. The number of rotatable bonds is 55. The molecule has 0 saturated heterocycles. The molecule has 0 radical (unpaired) electrons. The molecular formula is C60H115NO5. The molecule has 0 aliphatic rings. The molecule has 0 bridgehead atoms. The zero-order valence-corrected chi connectivity index (χ0v) is 44.4. The summed E-state index contributed by atoms with van der Waals surface area (Å²) >= 11 is 0. The standard InChI is InChI=1S/C60H115NO5/c1-3-5-7-9-11-13-15-17-19-20-21-22-23-24-25-26-28-32-36-40-44-48-52-58(63)57(56-62)61-59(64)53-49-45-41-37-33-29-27-31-35-39-43-47-51-55-66-60(65)54-50-46-42-38-34-30-18-16-14-12-10-8-6-4-2/h29,33,41,45,57-58,62-63H,3-28,30-32,34-40,42-44,46-56H2,1-2H3,(H,61,64)/b33-29-,45-41-. The highest BCUT2D eigenvalue weighted by Gasteiger charge is 2.19. The maximum Gasteiger partial charge on any atom is 0.305 e. The van der Waals surface area contributed by atoms with Gasteiger partial charge >= 0.3 is 5.97 Å². The molecule has 0 spiro atoms. The molecule has 1 amide bonds. The smallest absolute Gasteiger partial charge is 0.305 e. The van der Waals surface area contributed by atoms with Gasteiger partial charge in [-0.2, -0.15) is 0 Å². The third-order valence-electron chi connectivity index (χ3n) is 13.8. The lowest BCUT2D eigenvalue weighted by Crippen LogP contribution is -2.45. The van der Waals surface area contributed by atoms with Gasteiger partial charge in [0, 0.05) is 12.8 Å². The third-order valence-corrected chi connectivity index (χ3v) is 13.8. The van der Waals surface area contributed by atoms with E-state index in [1.165, 1.54) is 231 Å². The molecule has 0 saturated carbocycles. The molecule has 66 heavy (non-hydrogen) atoms. The minimum Gasteiger partial charge on any atom is -0.466 e. The van der Waals surface area contributed by atoms with E-state index in [2.05, 4.69) is 37.4 Å². The summed E-state index contributed by atoms with van der Waals surface area (Å²) in [7, 11) is 0. The molecule has 3 N–H and O–H groups in total. The Balaban J connectivity index is 3.52. The average molecular weight is 931 g/mol. The van der Waals surface area contributed by atoms with E-state index in [1.807, 2.05) is 6.08 Å². The Bertz CT molecular complexity index is 1030. The van der Waals surface area contributed by atoms with Crippen molar-refractivity contribution in [3.8, 4) is 0 Å². The van der Waals surface area contributed by atoms with Crippen molar-refractivity contribution in [2.45, 2.75) is 334 Å². The fourth-order valence-electron chi connectivity index (χ4n) is 9.22. The normalized spacial score (nSPS) is 12.7. The topological polar surface area (TPSA) is 95.9 Å². The Morgan fingerprint density at radius 2 is 0.773 bits per heavy atom. The van der Waals surface area contributed by atoms with E-state index >= 15 is 0 Å². The number of hydrogen-bond donors (Lipinski definition) is 3. The third kappa shape index (κ3) is 51.7. The van der Waals surface area contributed by atoms with Crippen molar-refractivity contribution in [2.24, 2.45) is 0 Å². The molecule has 0 aromatic rings. The summed E-state index contributed by atoms with van der Waals surface area (Å²) < 4.78 is 5.46. The van der Waals surface area contributed by atoms with Crippen LogP contribution in [-0.4, -0.2) is 47.4 Å². The van der Waals surface area contributed by atoms with E-state index in [4.69, 9.17) is 4.74 Å². The monoisotopic (exact) mass is 930 g/mol. The Morgan fingerprint density at radius 1 is 0.424 bits per heavy atom. The van der Waals surface area contributed by atoms with Crippen molar-refractivity contribution >= 4 is 11.9 Å². The molecule has 0 aromatic heterocycles. The number of carbonyl (C=O) groups is 2. The first-order valence-corrected chi connectivity index (χ1v) is 29.6. The van der Waals surface area contributed by atoms with Crippen LogP contribution in [0.1, 0.15) is 322 Å². The molecule has 2 atom stereocenters. The van der Waals surface area contributed by atoms with E-state index in [1.54, 1.807) is 0 Å². The summed E-state index contributed by atoms with van der Waals surface area (Å²) in [5.41, 5.74) is 0. The maximum absolute atomic E-state index is 12.5. The lowest BCUT2D eigenvalue weighted by molar-refractivity contribution is -0.143.